The van der Waals surface area contributed by atoms with Crippen molar-refractivity contribution in [3.05, 3.63) is 12.2 Å². The molecule has 4 saturated carbocycles. The Labute approximate surface area is 637 Å². The van der Waals surface area contributed by atoms with Gasteiger partial charge in [-0.15, -0.1) is 0 Å². The molecule has 108 heavy (non-hydrogen) atoms. The number of hydrogen-bond acceptors (Lipinski definition) is 15. The van der Waals surface area contributed by atoms with E-state index in [1.54, 1.807) is 26.8 Å². The van der Waals surface area contributed by atoms with Crippen LogP contribution in [0.15, 0.2) is 12.2 Å². The van der Waals surface area contributed by atoms with Crippen LogP contribution in [0.3, 0.4) is 0 Å². The normalized spacial score (nSPS) is 31.6. The van der Waals surface area contributed by atoms with E-state index >= 15 is 33.6 Å². The molecule has 610 valence electrons. The molecular weight excluding hydrogens is 1400 g/mol. The summed E-state index contributed by atoms with van der Waals surface area (Å²) in [5, 5.41) is 8.79. The Hall–Kier alpha value is -6.95. The van der Waals surface area contributed by atoms with Gasteiger partial charge in [0.1, 0.15) is 53.9 Å². The summed E-state index contributed by atoms with van der Waals surface area (Å²) >= 11 is 0. The quantitative estimate of drug-likeness (QED) is 0.160. The third-order valence-corrected chi connectivity index (χ3v) is 24.3. The van der Waals surface area contributed by atoms with Gasteiger partial charge in [0.25, 0.3) is 0 Å². The monoisotopic (exact) mass is 1530 g/mol. The van der Waals surface area contributed by atoms with Gasteiger partial charge in [-0.2, -0.15) is 13.2 Å². The van der Waals surface area contributed by atoms with Gasteiger partial charge in [-0.3, -0.25) is 57.5 Å². The third kappa shape index (κ3) is 21.8. The van der Waals surface area contributed by atoms with E-state index in [0.29, 0.717) is 31.6 Å². The molecule has 0 aromatic rings. The zero-order chi connectivity index (χ0) is 80.0. The first-order valence-corrected chi connectivity index (χ1v) is 39.6. The van der Waals surface area contributed by atoms with Crippen molar-refractivity contribution in [2.24, 2.45) is 40.9 Å². The van der Waals surface area contributed by atoms with Crippen molar-refractivity contribution in [3.8, 4) is 0 Å². The van der Waals surface area contributed by atoms with Crippen LogP contribution in [0.2, 0.25) is 0 Å². The fraction of sp³-hybridized carbons (Fsp3) is 0.821. The predicted octanol–water partition coefficient (Wildman–Crippen LogP) is 5.55. The molecule has 12 amide bonds. The van der Waals surface area contributed by atoms with Crippen molar-refractivity contribution in [2.45, 2.75) is 262 Å². The third-order valence-electron chi connectivity index (χ3n) is 24.3. The minimum Gasteiger partial charge on any atom is -0.381 e. The number of carbonyl (C=O) groups excluding carboxylic acids is 12. The van der Waals surface area contributed by atoms with Gasteiger partial charge < -0.3 is 74.3 Å². The number of halogens is 3. The number of carbonyl (C=O) groups is 12. The molecule has 0 aromatic heterocycles. The average Bonchev–Trinajstić information content (AvgIpc) is 0.895. The highest BCUT2D eigenvalue weighted by Crippen LogP contribution is 2.50. The molecular formula is C78H127F3N12O15. The molecule has 4 aliphatic carbocycles. The maximum atomic E-state index is 15.8. The topological polar surface area (TPSA) is 298 Å². The number of ether oxygens (including phenoxy) is 3. The maximum absolute atomic E-state index is 15.8. The van der Waals surface area contributed by atoms with Crippen molar-refractivity contribution in [2.75, 3.05) is 109 Å². The van der Waals surface area contributed by atoms with Crippen LogP contribution < -0.4 is 16.0 Å². The van der Waals surface area contributed by atoms with Gasteiger partial charge in [0.15, 0.2) is 0 Å². The lowest BCUT2D eigenvalue weighted by Gasteiger charge is -2.54. The Morgan fingerprint density at radius 2 is 1.33 bits per heavy atom. The predicted molar refractivity (Wildman–Crippen MR) is 397 cm³/mol. The first kappa shape index (κ1) is 88.3. The van der Waals surface area contributed by atoms with E-state index in [4.69, 9.17) is 14.2 Å². The Morgan fingerprint density at radius 3 is 1.94 bits per heavy atom. The molecule has 3 unspecified atom stereocenters. The first-order valence-electron chi connectivity index (χ1n) is 39.6. The molecule has 13 atom stereocenters. The summed E-state index contributed by atoms with van der Waals surface area (Å²) in [7, 11) is 11.2. The summed E-state index contributed by atoms with van der Waals surface area (Å²) in [5.74, 6) is -10.6. The number of methoxy groups -OCH3 is 1. The van der Waals surface area contributed by atoms with E-state index in [1.165, 1.54) is 90.7 Å². The largest absolute Gasteiger partial charge is 0.394 e. The lowest BCUT2D eigenvalue weighted by atomic mass is 9.58. The van der Waals surface area contributed by atoms with E-state index < -0.39 is 180 Å². The molecule has 3 N–H and O–H groups in total. The van der Waals surface area contributed by atoms with Gasteiger partial charge in [-0.05, 0) is 146 Å². The number of likely N-dealkylation sites (N-methyl/N-ethyl adjacent to an activating group) is 7. The summed E-state index contributed by atoms with van der Waals surface area (Å²) in [6, 6.07) is -10.6. The molecule has 6 fully saturated rings. The van der Waals surface area contributed by atoms with Crippen LogP contribution in [0.1, 0.15) is 190 Å². The molecule has 7 rings (SSSR count). The van der Waals surface area contributed by atoms with Gasteiger partial charge >= 0.3 is 6.18 Å². The minimum absolute atomic E-state index is 0.0125. The van der Waals surface area contributed by atoms with Crippen molar-refractivity contribution >= 4 is 70.9 Å². The zero-order valence-corrected chi connectivity index (χ0v) is 67.2. The van der Waals surface area contributed by atoms with E-state index in [-0.39, 0.29) is 121 Å². The van der Waals surface area contributed by atoms with Crippen LogP contribution in [-0.4, -0.2) is 296 Å². The average molecular weight is 1530 g/mol. The number of amides is 12. The van der Waals surface area contributed by atoms with Crippen LogP contribution in [0, 0.1) is 40.9 Å². The number of nitrogens with one attached hydrogen (secondary N) is 3. The summed E-state index contributed by atoms with van der Waals surface area (Å²) < 4.78 is 60.3. The van der Waals surface area contributed by atoms with Gasteiger partial charge in [0, 0.05) is 89.3 Å². The van der Waals surface area contributed by atoms with Crippen LogP contribution in [0.5, 0.6) is 0 Å². The highest BCUT2D eigenvalue weighted by atomic mass is 19.4. The molecule has 27 nitrogen and oxygen atoms in total. The molecule has 2 bridgehead atoms. The molecule has 30 heteroatoms. The lowest BCUT2D eigenvalue weighted by molar-refractivity contribution is -0.215. The molecule has 0 aromatic carbocycles. The van der Waals surface area contributed by atoms with E-state index in [9.17, 15) is 37.1 Å². The Kier molecular flexibility index (Phi) is 31.7. The van der Waals surface area contributed by atoms with Gasteiger partial charge in [-0.25, -0.2) is 0 Å². The summed E-state index contributed by atoms with van der Waals surface area (Å²) in [5.41, 5.74) is -2.14. The second-order valence-corrected chi connectivity index (χ2v) is 33.2. The van der Waals surface area contributed by atoms with Gasteiger partial charge in [-0.1, -0.05) is 85.3 Å². The molecule has 3 heterocycles. The minimum atomic E-state index is -4.52. The standard InChI is InChI=1S/C78H127F3N12O15/c1-17-37-108-50(6)65-73(103)87(11)44-64(96)88(12)56-27-21-20-24-36-92(72(56)102)59(39-51-30-28-48(4)29-31-51)71(101)86(10)43-62(94)82-55(35-33-52-32-34-54(78(79,80)81)61(40-52)106-16)69(99)93-42-49(5)38-57(93)68(98)84-77(46-76(7,8)47-77)75(105)91(15)66(53-25-22-23-26-53)74(104)90(14)58(70(100)85(9)18-2)41-63(95)89(13)60(45-107-19-3)67(97)83-65/h20-21,48-61,65-66H,17-19,22-47H2,1-16H3,(H,82,94)(H,83,97)(H,84,98)/b21-20-/t48?,49-,50+,51?,52?,54?,55-,56-,57-,58-,59-,60-,61?,65-,66-/m0/s1. The number of hydrogen-bond donors (Lipinski definition) is 3. The second kappa shape index (κ2) is 38.8. The van der Waals surface area contributed by atoms with Crippen LogP contribution in [0.25, 0.3) is 0 Å². The van der Waals surface area contributed by atoms with E-state index in [2.05, 4.69) is 22.9 Å². The van der Waals surface area contributed by atoms with Crippen molar-refractivity contribution in [1.29, 1.82) is 0 Å². The Morgan fingerprint density at radius 1 is 0.685 bits per heavy atom. The van der Waals surface area contributed by atoms with E-state index in [1.807, 2.05) is 33.8 Å². The van der Waals surface area contributed by atoms with Crippen molar-refractivity contribution < 1.29 is 84.9 Å². The van der Waals surface area contributed by atoms with Crippen LogP contribution >= 0.6 is 0 Å². The highest BCUT2D eigenvalue weighted by Gasteiger charge is 2.59. The fourth-order valence-corrected chi connectivity index (χ4v) is 17.8. The van der Waals surface area contributed by atoms with Crippen molar-refractivity contribution in [1.82, 2.24) is 60.0 Å². The summed E-state index contributed by atoms with van der Waals surface area (Å²) in [6.45, 7) is 13.7. The van der Waals surface area contributed by atoms with Gasteiger partial charge in [0.2, 0.25) is 70.9 Å². The van der Waals surface area contributed by atoms with Gasteiger partial charge in [0.05, 0.1) is 44.2 Å². The summed E-state index contributed by atoms with van der Waals surface area (Å²) in [4.78, 5) is 194. The second-order valence-electron chi connectivity index (χ2n) is 33.2. The van der Waals surface area contributed by atoms with Crippen LogP contribution in [0.4, 0.5) is 13.2 Å². The highest BCUT2D eigenvalue weighted by molar-refractivity contribution is 6.01. The number of rotatable bonds is 16. The first-order chi connectivity index (χ1) is 50.8. The molecule has 3 aliphatic heterocycles. The Balaban J connectivity index is 1.33. The fourth-order valence-electron chi connectivity index (χ4n) is 17.8. The number of fused-ring (bicyclic) bond motifs is 3. The number of alkyl halides is 3. The number of nitrogens with zero attached hydrogens (tertiary/aromatic N) is 9. The zero-order valence-electron chi connectivity index (χ0n) is 67.2. The molecule has 2 saturated heterocycles. The van der Waals surface area contributed by atoms with E-state index in [0.717, 1.165) is 48.3 Å². The Bertz CT molecular complexity index is 3190. The van der Waals surface area contributed by atoms with Crippen molar-refractivity contribution in [3.63, 3.8) is 0 Å². The van der Waals surface area contributed by atoms with Crippen LogP contribution in [-0.2, 0) is 71.7 Å². The maximum Gasteiger partial charge on any atom is 0.394 e. The molecule has 1 spiro atoms. The molecule has 7 aliphatic rings. The molecule has 0 radical (unpaired) electrons. The summed E-state index contributed by atoms with van der Waals surface area (Å²) in [6.07, 6.45) is 3.58. The SMILES string of the molecule is CCCO[C@H](C)[C@@H]1NC(=O)[C@H](COCC)N(C)C(=O)C[C@@H](C(=O)N(C)CC)N(C)C(=O)[C@H](C2CCCC2)N(C)C(=O)C2(CC(C)(C)C2)NC(=O)[C@@H]2C[C@H](C)CN2C(=O)[C@H](CCC2CCC(C(F)(F)F)C(OC)C2)NC(=O)CN(C)C(=O)[C@H](CC2CCC(C)CC2)N2CC/C=C\C[C@@H](C2=O)N(C)C(=O)CN(C)C1=O. The smallest absolute Gasteiger partial charge is 0.381 e. The lowest BCUT2D eigenvalue weighted by Crippen LogP contribution is -2.71.